The molecule has 0 saturated carbocycles. The largest absolute Gasteiger partial charge is 0.399 e. The predicted molar refractivity (Wildman–Crippen MR) is 76.3 cm³/mol. The van der Waals surface area contributed by atoms with Crippen LogP contribution in [0.1, 0.15) is 11.5 Å². The number of nitrogens with zero attached hydrogens (tertiary/aromatic N) is 2. The van der Waals surface area contributed by atoms with Crippen LogP contribution in [0.2, 0.25) is 0 Å². The summed E-state index contributed by atoms with van der Waals surface area (Å²) >= 11 is 0. The number of benzene rings is 1. The van der Waals surface area contributed by atoms with E-state index in [2.05, 4.69) is 15.3 Å². The zero-order chi connectivity index (χ0) is 14.8. The zero-order valence-corrected chi connectivity index (χ0v) is 11.7. The van der Waals surface area contributed by atoms with Gasteiger partial charge < -0.3 is 11.1 Å². The van der Waals surface area contributed by atoms with Crippen LogP contribution in [-0.4, -0.2) is 18.4 Å². The maximum absolute atomic E-state index is 11.5. The lowest BCUT2D eigenvalue weighted by molar-refractivity contribution is 0.598. The van der Waals surface area contributed by atoms with Crippen molar-refractivity contribution in [2.45, 2.75) is 18.4 Å². The maximum atomic E-state index is 11.5. The molecule has 0 amide bonds. The molecule has 8 heteroatoms. The third-order valence-electron chi connectivity index (χ3n) is 2.61. The van der Waals surface area contributed by atoms with Crippen LogP contribution in [-0.2, 0) is 16.6 Å². The van der Waals surface area contributed by atoms with Crippen molar-refractivity contribution in [3.8, 4) is 0 Å². The second kappa shape index (κ2) is 5.43. The highest BCUT2D eigenvalue weighted by atomic mass is 32.2. The second-order valence-electron chi connectivity index (χ2n) is 4.25. The normalized spacial score (nSPS) is 11.3. The molecule has 0 fully saturated rings. The fraction of sp³-hybridized carbons (Fsp3) is 0.167. The lowest BCUT2D eigenvalue weighted by Gasteiger charge is -2.11. The summed E-state index contributed by atoms with van der Waals surface area (Å²) in [5.74, 6) is 0.647. The molecular formula is C12H15N5O2S. The van der Waals surface area contributed by atoms with Gasteiger partial charge in [-0.3, -0.25) is 0 Å². The molecule has 1 aromatic heterocycles. The van der Waals surface area contributed by atoms with Crippen molar-refractivity contribution < 1.29 is 8.42 Å². The van der Waals surface area contributed by atoms with E-state index in [4.69, 9.17) is 10.9 Å². The van der Waals surface area contributed by atoms with Gasteiger partial charge in [0.1, 0.15) is 10.7 Å². The second-order valence-corrected chi connectivity index (χ2v) is 5.78. The van der Waals surface area contributed by atoms with Gasteiger partial charge in [-0.15, -0.1) is 0 Å². The molecule has 0 bridgehead atoms. The molecule has 5 N–H and O–H groups in total. The SMILES string of the molecule is Cc1nccc(CNc2ccc(N)cc2S(N)(=O)=O)n1. The van der Waals surface area contributed by atoms with Crippen molar-refractivity contribution in [2.75, 3.05) is 11.1 Å². The van der Waals surface area contributed by atoms with Crippen molar-refractivity contribution in [3.63, 3.8) is 0 Å². The number of nitrogen functional groups attached to an aromatic ring is 1. The molecule has 0 spiro atoms. The molecule has 20 heavy (non-hydrogen) atoms. The minimum Gasteiger partial charge on any atom is -0.399 e. The monoisotopic (exact) mass is 293 g/mol. The van der Waals surface area contributed by atoms with E-state index in [0.29, 0.717) is 23.7 Å². The fourth-order valence-electron chi connectivity index (χ4n) is 1.71. The van der Waals surface area contributed by atoms with Crippen LogP contribution in [0.4, 0.5) is 11.4 Å². The summed E-state index contributed by atoms with van der Waals surface area (Å²) in [5.41, 5.74) is 7.05. The number of aromatic nitrogens is 2. The quantitative estimate of drug-likeness (QED) is 0.710. The van der Waals surface area contributed by atoms with Gasteiger partial charge >= 0.3 is 0 Å². The van der Waals surface area contributed by atoms with Crippen molar-refractivity contribution in [1.29, 1.82) is 0 Å². The Hall–Kier alpha value is -2.19. The van der Waals surface area contributed by atoms with E-state index in [1.807, 2.05) is 0 Å². The minimum atomic E-state index is -3.84. The van der Waals surface area contributed by atoms with Crippen molar-refractivity contribution in [2.24, 2.45) is 5.14 Å². The first-order chi connectivity index (χ1) is 9.36. The molecule has 0 atom stereocenters. The first-order valence-corrected chi connectivity index (χ1v) is 7.35. The molecule has 2 rings (SSSR count). The van der Waals surface area contributed by atoms with Crippen LogP contribution < -0.4 is 16.2 Å². The van der Waals surface area contributed by atoms with Crippen LogP contribution in [0.5, 0.6) is 0 Å². The number of aryl methyl sites for hydroxylation is 1. The number of sulfonamides is 1. The van der Waals surface area contributed by atoms with Crippen LogP contribution >= 0.6 is 0 Å². The van der Waals surface area contributed by atoms with Crippen LogP contribution in [0, 0.1) is 6.92 Å². The predicted octanol–water partition coefficient (Wildman–Crippen LogP) is 0.627. The van der Waals surface area contributed by atoms with Gasteiger partial charge in [-0.1, -0.05) is 0 Å². The topological polar surface area (TPSA) is 124 Å². The van der Waals surface area contributed by atoms with Crippen LogP contribution in [0.25, 0.3) is 0 Å². The Bertz CT molecular complexity index is 730. The average molecular weight is 293 g/mol. The van der Waals surface area contributed by atoms with Gasteiger partial charge in [0.05, 0.1) is 17.9 Å². The van der Waals surface area contributed by atoms with Crippen molar-refractivity contribution in [1.82, 2.24) is 9.97 Å². The summed E-state index contributed by atoms with van der Waals surface area (Å²) in [4.78, 5) is 8.17. The van der Waals surface area contributed by atoms with Gasteiger partial charge in [0.15, 0.2) is 0 Å². The summed E-state index contributed by atoms with van der Waals surface area (Å²) < 4.78 is 23.1. The summed E-state index contributed by atoms with van der Waals surface area (Å²) in [5, 5.41) is 8.16. The Labute approximate surface area is 117 Å². The van der Waals surface area contributed by atoms with Crippen molar-refractivity contribution in [3.05, 3.63) is 42.0 Å². The Morgan fingerprint density at radius 2 is 2.05 bits per heavy atom. The molecule has 1 aromatic carbocycles. The molecule has 1 heterocycles. The standard InChI is InChI=1S/C12H15N5O2S/c1-8-15-5-4-10(17-8)7-16-11-3-2-9(13)6-12(11)20(14,18)19/h2-6,16H,7,13H2,1H3,(H2,14,18,19). The molecule has 0 aliphatic carbocycles. The van der Waals surface area contributed by atoms with E-state index in [1.165, 1.54) is 6.07 Å². The van der Waals surface area contributed by atoms with Gasteiger partial charge in [-0.25, -0.2) is 23.5 Å². The van der Waals surface area contributed by atoms with Crippen molar-refractivity contribution >= 4 is 21.4 Å². The zero-order valence-electron chi connectivity index (χ0n) is 10.9. The van der Waals surface area contributed by atoms with E-state index < -0.39 is 10.0 Å². The molecule has 0 aliphatic heterocycles. The molecule has 2 aromatic rings. The molecule has 0 radical (unpaired) electrons. The number of nitrogens with two attached hydrogens (primary N) is 2. The van der Waals surface area contributed by atoms with Crippen LogP contribution in [0.15, 0.2) is 35.4 Å². The smallest absolute Gasteiger partial charge is 0.240 e. The Balaban J connectivity index is 2.26. The number of nitrogens with one attached hydrogen (secondary N) is 1. The van der Waals surface area contributed by atoms with Gasteiger partial charge in [0.25, 0.3) is 0 Å². The lowest BCUT2D eigenvalue weighted by Crippen LogP contribution is -2.15. The van der Waals surface area contributed by atoms with E-state index in [1.54, 1.807) is 31.3 Å². The van der Waals surface area contributed by atoms with Crippen LogP contribution in [0.3, 0.4) is 0 Å². The Kier molecular flexibility index (Phi) is 3.86. The highest BCUT2D eigenvalue weighted by Crippen LogP contribution is 2.23. The maximum Gasteiger partial charge on any atom is 0.240 e. The Morgan fingerprint density at radius 1 is 1.30 bits per heavy atom. The van der Waals surface area contributed by atoms with Gasteiger partial charge in [-0.05, 0) is 31.2 Å². The summed E-state index contributed by atoms with van der Waals surface area (Å²) in [6.45, 7) is 2.14. The van der Waals surface area contributed by atoms with E-state index in [9.17, 15) is 8.42 Å². The Morgan fingerprint density at radius 3 is 2.70 bits per heavy atom. The number of primary sulfonamides is 1. The lowest BCUT2D eigenvalue weighted by atomic mass is 10.2. The van der Waals surface area contributed by atoms with E-state index in [-0.39, 0.29) is 4.90 Å². The molecule has 0 saturated heterocycles. The summed E-state index contributed by atoms with van der Waals surface area (Å²) in [6.07, 6.45) is 1.64. The third kappa shape index (κ3) is 3.43. The first kappa shape index (κ1) is 14.2. The molecular weight excluding hydrogens is 278 g/mol. The fourth-order valence-corrected chi connectivity index (χ4v) is 2.46. The number of rotatable bonds is 4. The summed E-state index contributed by atoms with van der Waals surface area (Å²) in [6, 6.07) is 6.24. The van der Waals surface area contributed by atoms with Gasteiger partial charge in [0, 0.05) is 11.9 Å². The van der Waals surface area contributed by atoms with E-state index in [0.717, 1.165) is 5.69 Å². The minimum absolute atomic E-state index is 0.0386. The number of anilines is 2. The molecule has 0 aliphatic rings. The molecule has 106 valence electrons. The summed E-state index contributed by atoms with van der Waals surface area (Å²) in [7, 11) is -3.84. The molecule has 7 nitrogen and oxygen atoms in total. The third-order valence-corrected chi connectivity index (χ3v) is 3.56. The molecule has 0 unspecified atom stereocenters. The number of hydrogen-bond acceptors (Lipinski definition) is 6. The van der Waals surface area contributed by atoms with Gasteiger partial charge in [0.2, 0.25) is 10.0 Å². The highest BCUT2D eigenvalue weighted by molar-refractivity contribution is 7.89. The highest BCUT2D eigenvalue weighted by Gasteiger charge is 2.14. The van der Waals surface area contributed by atoms with E-state index >= 15 is 0 Å². The number of hydrogen-bond donors (Lipinski definition) is 3. The first-order valence-electron chi connectivity index (χ1n) is 5.81. The average Bonchev–Trinajstić information content (AvgIpc) is 2.36. The van der Waals surface area contributed by atoms with Gasteiger partial charge in [-0.2, -0.15) is 0 Å².